The second kappa shape index (κ2) is 3.79. The van der Waals surface area contributed by atoms with Gasteiger partial charge in [-0.2, -0.15) is 0 Å². The van der Waals surface area contributed by atoms with E-state index < -0.39 is 0 Å². The first-order valence-electron chi connectivity index (χ1n) is 4.65. The van der Waals surface area contributed by atoms with Gasteiger partial charge in [-0.1, -0.05) is 0 Å². The van der Waals surface area contributed by atoms with Crippen LogP contribution in [0.5, 0.6) is 0 Å². The molecule has 0 aliphatic carbocycles. The number of nitrogens with zero attached hydrogens (tertiary/aromatic N) is 3. The Labute approximate surface area is 82.9 Å². The van der Waals surface area contributed by atoms with Gasteiger partial charge in [0.15, 0.2) is 0 Å². The van der Waals surface area contributed by atoms with Crippen molar-refractivity contribution < 1.29 is 4.74 Å². The molecule has 5 heteroatoms. The smallest absolute Gasteiger partial charge is 0.225 e. The molecule has 2 N–H and O–H groups in total. The Hall–Kier alpha value is -1.36. The molecule has 1 aromatic heterocycles. The van der Waals surface area contributed by atoms with Crippen LogP contribution in [0.1, 0.15) is 6.42 Å². The number of hydrogen-bond donors (Lipinski definition) is 1. The maximum absolute atomic E-state index is 5.51. The van der Waals surface area contributed by atoms with Crippen LogP contribution in [0.15, 0.2) is 12.4 Å². The number of nitrogen functional groups attached to an aromatic ring is 1. The predicted octanol–water partition coefficient (Wildman–Crippen LogP) is 0.284. The van der Waals surface area contributed by atoms with Crippen LogP contribution in [0, 0.1) is 0 Å². The van der Waals surface area contributed by atoms with Crippen molar-refractivity contribution in [3.8, 4) is 0 Å². The van der Waals surface area contributed by atoms with Gasteiger partial charge in [-0.3, -0.25) is 0 Å². The lowest BCUT2D eigenvalue weighted by Gasteiger charge is -2.15. The molecule has 5 nitrogen and oxygen atoms in total. The number of nitrogens with two attached hydrogens (primary N) is 1. The van der Waals surface area contributed by atoms with Crippen molar-refractivity contribution in [1.82, 2.24) is 9.97 Å². The summed E-state index contributed by atoms with van der Waals surface area (Å²) in [5.41, 5.74) is 6.10. The summed E-state index contributed by atoms with van der Waals surface area (Å²) in [5.74, 6) is 0.735. The average molecular weight is 194 g/mol. The molecule has 1 atom stereocenters. The lowest BCUT2D eigenvalue weighted by atomic mass is 10.3. The van der Waals surface area contributed by atoms with Crippen LogP contribution >= 0.6 is 0 Å². The fourth-order valence-electron chi connectivity index (χ4n) is 1.60. The molecule has 1 saturated heterocycles. The minimum atomic E-state index is 0.302. The Morgan fingerprint density at radius 3 is 2.79 bits per heavy atom. The summed E-state index contributed by atoms with van der Waals surface area (Å²) in [6.07, 6.45) is 4.59. The maximum atomic E-state index is 5.51. The van der Waals surface area contributed by atoms with E-state index in [0.717, 1.165) is 25.5 Å². The van der Waals surface area contributed by atoms with Gasteiger partial charge >= 0.3 is 0 Å². The number of hydrogen-bond acceptors (Lipinski definition) is 5. The highest BCUT2D eigenvalue weighted by Gasteiger charge is 2.23. The quantitative estimate of drug-likeness (QED) is 0.732. The van der Waals surface area contributed by atoms with Crippen LogP contribution < -0.4 is 10.6 Å². The highest BCUT2D eigenvalue weighted by atomic mass is 16.5. The zero-order valence-corrected chi connectivity index (χ0v) is 8.18. The topological polar surface area (TPSA) is 64.3 Å². The van der Waals surface area contributed by atoms with E-state index >= 15 is 0 Å². The molecule has 1 aliphatic rings. The number of methoxy groups -OCH3 is 1. The Balaban J connectivity index is 2.06. The molecule has 1 fully saturated rings. The Morgan fingerprint density at radius 2 is 2.21 bits per heavy atom. The second-order valence-corrected chi connectivity index (χ2v) is 3.41. The normalized spacial score (nSPS) is 21.5. The molecule has 14 heavy (non-hydrogen) atoms. The molecule has 0 spiro atoms. The van der Waals surface area contributed by atoms with Crippen molar-refractivity contribution >= 4 is 11.6 Å². The Morgan fingerprint density at radius 1 is 1.50 bits per heavy atom. The fourth-order valence-corrected chi connectivity index (χ4v) is 1.60. The van der Waals surface area contributed by atoms with Gasteiger partial charge in [-0.05, 0) is 6.42 Å². The van der Waals surface area contributed by atoms with E-state index in [1.165, 1.54) is 0 Å². The summed E-state index contributed by atoms with van der Waals surface area (Å²) in [5, 5.41) is 0. The summed E-state index contributed by atoms with van der Waals surface area (Å²) in [4.78, 5) is 10.4. The van der Waals surface area contributed by atoms with Gasteiger partial charge in [-0.15, -0.1) is 0 Å². The molecular weight excluding hydrogens is 180 g/mol. The number of ether oxygens (including phenoxy) is 1. The summed E-state index contributed by atoms with van der Waals surface area (Å²) in [6, 6.07) is 0. The zero-order valence-electron chi connectivity index (χ0n) is 8.18. The van der Waals surface area contributed by atoms with Gasteiger partial charge < -0.3 is 15.4 Å². The number of aromatic nitrogens is 2. The predicted molar refractivity (Wildman–Crippen MR) is 54.1 cm³/mol. The van der Waals surface area contributed by atoms with Crippen LogP contribution in [-0.2, 0) is 4.74 Å². The van der Waals surface area contributed by atoms with Gasteiger partial charge in [0.25, 0.3) is 0 Å². The van der Waals surface area contributed by atoms with E-state index in [9.17, 15) is 0 Å². The molecule has 2 rings (SSSR count). The van der Waals surface area contributed by atoms with Crippen LogP contribution in [0.25, 0.3) is 0 Å². The van der Waals surface area contributed by atoms with Crippen molar-refractivity contribution in [3.63, 3.8) is 0 Å². The van der Waals surface area contributed by atoms with E-state index in [1.807, 2.05) is 0 Å². The molecule has 2 heterocycles. The minimum absolute atomic E-state index is 0.302. The van der Waals surface area contributed by atoms with E-state index in [-0.39, 0.29) is 0 Å². The first-order chi connectivity index (χ1) is 6.79. The van der Waals surface area contributed by atoms with E-state index in [1.54, 1.807) is 19.5 Å². The van der Waals surface area contributed by atoms with Gasteiger partial charge in [0.1, 0.15) is 0 Å². The highest BCUT2D eigenvalue weighted by molar-refractivity contribution is 5.38. The molecule has 76 valence electrons. The van der Waals surface area contributed by atoms with Crippen LogP contribution in [0.2, 0.25) is 0 Å². The third-order valence-corrected chi connectivity index (χ3v) is 2.42. The third kappa shape index (κ3) is 1.77. The minimum Gasteiger partial charge on any atom is -0.396 e. The standard InChI is InChI=1S/C9H14N4O/c1-14-8-2-3-13(6-8)9-11-4-7(10)5-12-9/h4-5,8H,2-3,6,10H2,1H3. The summed E-state index contributed by atoms with van der Waals surface area (Å²) in [7, 11) is 1.73. The molecule has 0 saturated carbocycles. The van der Waals surface area contributed by atoms with E-state index in [0.29, 0.717) is 11.8 Å². The van der Waals surface area contributed by atoms with Gasteiger partial charge in [0.05, 0.1) is 24.2 Å². The van der Waals surface area contributed by atoms with Crippen LogP contribution in [-0.4, -0.2) is 36.3 Å². The molecule has 0 radical (unpaired) electrons. The average Bonchev–Trinajstić information content (AvgIpc) is 2.67. The lowest BCUT2D eigenvalue weighted by Crippen LogP contribution is -2.24. The summed E-state index contributed by atoms with van der Waals surface area (Å²) >= 11 is 0. The first kappa shape index (κ1) is 9.21. The van der Waals surface area contributed by atoms with Gasteiger partial charge in [0, 0.05) is 20.2 Å². The van der Waals surface area contributed by atoms with Crippen LogP contribution in [0.3, 0.4) is 0 Å². The Bertz CT molecular complexity index is 300. The van der Waals surface area contributed by atoms with E-state index in [2.05, 4.69) is 14.9 Å². The van der Waals surface area contributed by atoms with Crippen molar-refractivity contribution in [2.75, 3.05) is 30.8 Å². The van der Waals surface area contributed by atoms with Crippen molar-refractivity contribution in [2.45, 2.75) is 12.5 Å². The molecule has 0 amide bonds. The van der Waals surface area contributed by atoms with Crippen molar-refractivity contribution in [1.29, 1.82) is 0 Å². The second-order valence-electron chi connectivity index (χ2n) is 3.41. The summed E-state index contributed by atoms with van der Waals surface area (Å²) < 4.78 is 5.26. The molecule has 1 aliphatic heterocycles. The zero-order chi connectivity index (χ0) is 9.97. The first-order valence-corrected chi connectivity index (χ1v) is 4.65. The number of rotatable bonds is 2. The monoisotopic (exact) mass is 194 g/mol. The van der Waals surface area contributed by atoms with E-state index in [4.69, 9.17) is 10.5 Å². The van der Waals surface area contributed by atoms with Crippen molar-refractivity contribution in [2.24, 2.45) is 0 Å². The Kier molecular flexibility index (Phi) is 2.49. The molecule has 0 aromatic carbocycles. The largest absolute Gasteiger partial charge is 0.396 e. The highest BCUT2D eigenvalue weighted by Crippen LogP contribution is 2.17. The third-order valence-electron chi connectivity index (χ3n) is 2.42. The maximum Gasteiger partial charge on any atom is 0.225 e. The molecule has 1 unspecified atom stereocenters. The molecule has 0 bridgehead atoms. The summed E-state index contributed by atoms with van der Waals surface area (Å²) in [6.45, 7) is 1.81. The fraction of sp³-hybridized carbons (Fsp3) is 0.556. The number of anilines is 2. The van der Waals surface area contributed by atoms with Gasteiger partial charge in [0.2, 0.25) is 5.95 Å². The molecular formula is C9H14N4O. The van der Waals surface area contributed by atoms with Crippen molar-refractivity contribution in [3.05, 3.63) is 12.4 Å². The lowest BCUT2D eigenvalue weighted by molar-refractivity contribution is 0.121. The molecule has 1 aromatic rings. The van der Waals surface area contributed by atoms with Gasteiger partial charge in [-0.25, -0.2) is 9.97 Å². The van der Waals surface area contributed by atoms with Crippen LogP contribution in [0.4, 0.5) is 11.6 Å². The SMILES string of the molecule is COC1CCN(c2ncc(N)cn2)C1.